The molecule has 1 heterocycles. The summed E-state index contributed by atoms with van der Waals surface area (Å²) in [6.45, 7) is 0. The van der Waals surface area contributed by atoms with Gasteiger partial charge in [-0.1, -0.05) is 0 Å². The second-order valence-corrected chi connectivity index (χ2v) is 4.07. The molecule has 0 aliphatic heterocycles. The molecular weight excluding hydrogens is 274 g/mol. The number of nitrogens with two attached hydrogens (primary N) is 2. The third-order valence-corrected chi connectivity index (χ3v) is 2.76. The summed E-state index contributed by atoms with van der Waals surface area (Å²) >= 11 is 0. The first kappa shape index (κ1) is 14.5. The van der Waals surface area contributed by atoms with Gasteiger partial charge in [-0.25, -0.2) is 4.98 Å². The number of aromatic nitrogens is 2. The van der Waals surface area contributed by atoms with Gasteiger partial charge in [0, 0.05) is 17.8 Å². The van der Waals surface area contributed by atoms with Gasteiger partial charge in [-0.3, -0.25) is 0 Å². The lowest BCUT2D eigenvalue weighted by molar-refractivity contribution is 0.324. The number of hydrogen-bond donors (Lipinski definition) is 3. The van der Waals surface area contributed by atoms with E-state index in [4.69, 9.17) is 25.7 Å². The van der Waals surface area contributed by atoms with Crippen LogP contribution < -0.4 is 31.0 Å². The zero-order valence-electron chi connectivity index (χ0n) is 12.0. The van der Waals surface area contributed by atoms with Crippen molar-refractivity contribution in [1.29, 1.82) is 0 Å². The van der Waals surface area contributed by atoms with Gasteiger partial charge < -0.3 is 31.0 Å². The first-order valence-corrected chi connectivity index (χ1v) is 6.04. The Balaban J connectivity index is 2.42. The van der Waals surface area contributed by atoms with E-state index in [1.165, 1.54) is 27.5 Å². The van der Waals surface area contributed by atoms with Crippen molar-refractivity contribution < 1.29 is 14.2 Å². The second kappa shape index (κ2) is 6.04. The van der Waals surface area contributed by atoms with E-state index in [0.717, 1.165) is 0 Å². The molecule has 0 aliphatic rings. The maximum atomic E-state index is 5.80. The molecule has 8 nitrogen and oxygen atoms in total. The largest absolute Gasteiger partial charge is 0.493 e. The molecule has 5 N–H and O–H groups in total. The van der Waals surface area contributed by atoms with Crippen LogP contribution in [0.25, 0.3) is 0 Å². The lowest BCUT2D eigenvalue weighted by Crippen LogP contribution is -2.04. The highest BCUT2D eigenvalue weighted by molar-refractivity contribution is 5.72. The predicted molar refractivity (Wildman–Crippen MR) is 80.2 cm³/mol. The number of nitrogens with one attached hydrogen (secondary N) is 1. The Morgan fingerprint density at radius 1 is 1.00 bits per heavy atom. The SMILES string of the molecule is COc1cc(Nc2nc(N)ncc2N)cc(OC)c1OC. The molecule has 0 aliphatic carbocycles. The van der Waals surface area contributed by atoms with Gasteiger partial charge in [0.05, 0.1) is 33.2 Å². The summed E-state index contributed by atoms with van der Waals surface area (Å²) in [7, 11) is 4.62. The minimum absolute atomic E-state index is 0.124. The highest BCUT2D eigenvalue weighted by Crippen LogP contribution is 2.40. The first-order chi connectivity index (χ1) is 10.1. The van der Waals surface area contributed by atoms with Crippen LogP contribution in [-0.2, 0) is 0 Å². The van der Waals surface area contributed by atoms with Gasteiger partial charge >= 0.3 is 0 Å². The zero-order chi connectivity index (χ0) is 15.4. The molecule has 0 amide bonds. The van der Waals surface area contributed by atoms with Gasteiger partial charge in [0.1, 0.15) is 0 Å². The van der Waals surface area contributed by atoms with Crippen LogP contribution in [0.3, 0.4) is 0 Å². The van der Waals surface area contributed by atoms with Crippen LogP contribution in [0.1, 0.15) is 0 Å². The fourth-order valence-corrected chi connectivity index (χ4v) is 1.79. The van der Waals surface area contributed by atoms with E-state index in [9.17, 15) is 0 Å². The van der Waals surface area contributed by atoms with E-state index >= 15 is 0 Å². The summed E-state index contributed by atoms with van der Waals surface area (Å²) in [5.74, 6) is 2.05. The molecule has 112 valence electrons. The molecule has 1 aromatic heterocycles. The fraction of sp³-hybridized carbons (Fsp3) is 0.231. The fourth-order valence-electron chi connectivity index (χ4n) is 1.79. The summed E-state index contributed by atoms with van der Waals surface area (Å²) < 4.78 is 15.8. The molecule has 0 saturated carbocycles. The number of rotatable bonds is 5. The topological polar surface area (TPSA) is 118 Å². The highest BCUT2D eigenvalue weighted by Gasteiger charge is 2.14. The predicted octanol–water partition coefficient (Wildman–Crippen LogP) is 1.41. The van der Waals surface area contributed by atoms with Crippen LogP contribution in [0, 0.1) is 0 Å². The Hall–Kier alpha value is -2.90. The maximum absolute atomic E-state index is 5.80. The summed E-state index contributed by atoms with van der Waals surface area (Å²) in [5.41, 5.74) is 12.4. The Morgan fingerprint density at radius 2 is 1.62 bits per heavy atom. The lowest BCUT2D eigenvalue weighted by Gasteiger charge is -2.15. The molecule has 0 fully saturated rings. The molecule has 0 saturated heterocycles. The van der Waals surface area contributed by atoms with Crippen LogP contribution >= 0.6 is 0 Å². The summed E-state index contributed by atoms with van der Waals surface area (Å²) in [5, 5.41) is 3.04. The maximum Gasteiger partial charge on any atom is 0.222 e. The van der Waals surface area contributed by atoms with E-state index in [2.05, 4.69) is 15.3 Å². The molecule has 0 radical (unpaired) electrons. The van der Waals surface area contributed by atoms with E-state index < -0.39 is 0 Å². The third kappa shape index (κ3) is 2.99. The molecule has 0 spiro atoms. The second-order valence-electron chi connectivity index (χ2n) is 4.07. The van der Waals surface area contributed by atoms with Crippen LogP contribution in [-0.4, -0.2) is 31.3 Å². The molecular formula is C13H17N5O3. The normalized spacial score (nSPS) is 10.0. The van der Waals surface area contributed by atoms with Crippen molar-refractivity contribution in [1.82, 2.24) is 9.97 Å². The molecule has 21 heavy (non-hydrogen) atoms. The summed E-state index contributed by atoms with van der Waals surface area (Å²) in [4.78, 5) is 7.85. The molecule has 1 aromatic carbocycles. The third-order valence-electron chi connectivity index (χ3n) is 2.76. The Labute approximate surface area is 122 Å². The van der Waals surface area contributed by atoms with Crippen LogP contribution in [0.15, 0.2) is 18.3 Å². The van der Waals surface area contributed by atoms with Crippen LogP contribution in [0.5, 0.6) is 17.2 Å². The van der Waals surface area contributed by atoms with Crippen molar-refractivity contribution in [3.63, 3.8) is 0 Å². The van der Waals surface area contributed by atoms with Crippen LogP contribution in [0.2, 0.25) is 0 Å². The lowest BCUT2D eigenvalue weighted by atomic mass is 10.2. The smallest absolute Gasteiger partial charge is 0.222 e. The minimum atomic E-state index is 0.124. The monoisotopic (exact) mass is 291 g/mol. The van der Waals surface area contributed by atoms with Gasteiger partial charge in [0.15, 0.2) is 17.3 Å². The standard InChI is InChI=1S/C13H17N5O3/c1-19-9-4-7(5-10(20-2)11(9)21-3)17-12-8(14)6-16-13(15)18-12/h4-6H,14H2,1-3H3,(H3,15,16,17,18). The van der Waals surface area contributed by atoms with Crippen molar-refractivity contribution in [2.45, 2.75) is 0 Å². The van der Waals surface area contributed by atoms with Gasteiger partial charge in [-0.05, 0) is 0 Å². The van der Waals surface area contributed by atoms with E-state index in [1.54, 1.807) is 12.1 Å². The summed E-state index contributed by atoms with van der Waals surface area (Å²) in [6.07, 6.45) is 1.43. The Kier molecular flexibility index (Phi) is 4.17. The first-order valence-electron chi connectivity index (χ1n) is 6.04. The molecule has 0 atom stereocenters. The molecule has 0 bridgehead atoms. The highest BCUT2D eigenvalue weighted by atomic mass is 16.5. The van der Waals surface area contributed by atoms with Gasteiger partial charge in [-0.15, -0.1) is 0 Å². The van der Waals surface area contributed by atoms with Crippen LogP contribution in [0.4, 0.5) is 23.1 Å². The van der Waals surface area contributed by atoms with Crippen molar-refractivity contribution in [2.24, 2.45) is 0 Å². The average Bonchev–Trinajstić information content (AvgIpc) is 2.49. The summed E-state index contributed by atoms with van der Waals surface area (Å²) in [6, 6.07) is 3.47. The number of methoxy groups -OCH3 is 3. The molecule has 8 heteroatoms. The van der Waals surface area contributed by atoms with E-state index in [1.807, 2.05) is 0 Å². The molecule has 0 unspecified atom stereocenters. The number of anilines is 4. The quantitative estimate of drug-likeness (QED) is 0.756. The number of hydrogen-bond acceptors (Lipinski definition) is 8. The number of benzene rings is 1. The van der Waals surface area contributed by atoms with Crippen molar-refractivity contribution >= 4 is 23.1 Å². The Bertz CT molecular complexity index is 623. The van der Waals surface area contributed by atoms with Gasteiger partial charge in [-0.2, -0.15) is 4.98 Å². The Morgan fingerprint density at radius 3 is 2.14 bits per heavy atom. The van der Waals surface area contributed by atoms with Crippen molar-refractivity contribution in [3.05, 3.63) is 18.3 Å². The number of ether oxygens (including phenoxy) is 3. The zero-order valence-corrected chi connectivity index (χ0v) is 12.0. The van der Waals surface area contributed by atoms with E-state index in [0.29, 0.717) is 34.4 Å². The van der Waals surface area contributed by atoms with Crippen molar-refractivity contribution in [3.8, 4) is 17.2 Å². The molecule has 2 aromatic rings. The minimum Gasteiger partial charge on any atom is -0.493 e. The average molecular weight is 291 g/mol. The van der Waals surface area contributed by atoms with Gasteiger partial charge in [0.2, 0.25) is 11.7 Å². The number of nitrogens with zero attached hydrogens (tertiary/aromatic N) is 2. The molecule has 2 rings (SSSR count). The van der Waals surface area contributed by atoms with E-state index in [-0.39, 0.29) is 5.95 Å². The number of nitrogen functional groups attached to an aromatic ring is 2. The van der Waals surface area contributed by atoms with Crippen molar-refractivity contribution in [2.75, 3.05) is 38.1 Å². The van der Waals surface area contributed by atoms with Gasteiger partial charge in [0.25, 0.3) is 0 Å².